The van der Waals surface area contributed by atoms with Gasteiger partial charge < -0.3 is 34.3 Å². The fourth-order valence-corrected chi connectivity index (χ4v) is 5.92. The molecule has 0 amide bonds. The predicted molar refractivity (Wildman–Crippen MR) is 144 cm³/mol. The number of methoxy groups -OCH3 is 2. The van der Waals surface area contributed by atoms with Gasteiger partial charge in [0.1, 0.15) is 0 Å². The van der Waals surface area contributed by atoms with Crippen molar-refractivity contribution in [3.8, 4) is 0 Å². The molecule has 0 radical (unpaired) electrons. The number of aromatic amines is 2. The van der Waals surface area contributed by atoms with Gasteiger partial charge in [0, 0.05) is 20.1 Å². The van der Waals surface area contributed by atoms with Crippen LogP contribution in [0, 0.1) is 5.92 Å². The van der Waals surface area contributed by atoms with Gasteiger partial charge in [0.25, 0.3) is 11.1 Å². The van der Waals surface area contributed by atoms with Crippen LogP contribution in [-0.2, 0) is 35.1 Å². The zero-order chi connectivity index (χ0) is 30.2. The van der Waals surface area contributed by atoms with Crippen molar-refractivity contribution < 1.29 is 36.9 Å². The Labute approximate surface area is 239 Å². The Morgan fingerprint density at radius 2 is 1.93 bits per heavy atom. The van der Waals surface area contributed by atoms with Gasteiger partial charge in [-0.15, -0.1) is 0 Å². The highest BCUT2D eigenvalue weighted by Crippen LogP contribution is 2.50. The maximum absolute atomic E-state index is 16.1. The number of hydrogen-bond donors (Lipinski definition) is 4. The Kier molecular flexibility index (Phi) is 8.76. The van der Waals surface area contributed by atoms with Crippen molar-refractivity contribution in [3.05, 3.63) is 39.7 Å². The SMILES string of the molecule is COC1OCC[C@@H]([C@H](F)n2cnc3c(=O)[nH]cnc32)[C@H](OC)COP(O)(=S)O[C@@H](n2cnc3c(=O)[nH]c(N)nc32)[C@@H]1F. The molecule has 17 nitrogen and oxygen atoms in total. The van der Waals surface area contributed by atoms with Crippen molar-refractivity contribution in [1.29, 1.82) is 0 Å². The summed E-state index contributed by atoms with van der Waals surface area (Å²) in [6.07, 6.45) is -5.42. The first-order chi connectivity index (χ1) is 20.0. The number of aromatic nitrogens is 8. The van der Waals surface area contributed by atoms with Crippen LogP contribution >= 0.6 is 6.72 Å². The van der Waals surface area contributed by atoms with E-state index in [4.69, 9.17) is 40.8 Å². The smallest absolute Gasteiger partial charge is 0.326 e. The molecule has 5 N–H and O–H groups in total. The largest absolute Gasteiger partial charge is 0.379 e. The molecule has 0 bridgehead atoms. The van der Waals surface area contributed by atoms with Crippen LogP contribution in [0.4, 0.5) is 14.7 Å². The zero-order valence-corrected chi connectivity index (χ0v) is 23.7. The highest BCUT2D eigenvalue weighted by Gasteiger charge is 2.41. The molecule has 1 aliphatic rings. The van der Waals surface area contributed by atoms with Crippen LogP contribution in [-0.4, -0.2) is 89.9 Å². The fourth-order valence-electron chi connectivity index (χ4n) is 4.59. The Hall–Kier alpha value is -3.23. The molecule has 7 atom stereocenters. The Morgan fingerprint density at radius 3 is 2.67 bits per heavy atom. The number of rotatable bonds is 5. The van der Waals surface area contributed by atoms with Gasteiger partial charge in [-0.05, 0) is 18.2 Å². The molecule has 4 aromatic rings. The molecule has 1 saturated heterocycles. The van der Waals surface area contributed by atoms with E-state index in [1.54, 1.807) is 0 Å². The number of nitrogens with one attached hydrogen (secondary N) is 2. The second-order valence-electron chi connectivity index (χ2n) is 9.11. The first kappa shape index (κ1) is 30.2. The summed E-state index contributed by atoms with van der Waals surface area (Å²) >= 11 is 5.15. The van der Waals surface area contributed by atoms with Crippen molar-refractivity contribution in [2.45, 2.75) is 37.5 Å². The number of hydrogen-bond acceptors (Lipinski definition) is 13. The number of H-pyrrole nitrogens is 2. The molecule has 0 spiro atoms. The maximum Gasteiger partial charge on any atom is 0.326 e. The van der Waals surface area contributed by atoms with Gasteiger partial charge in [0.15, 0.2) is 47.3 Å². The highest BCUT2D eigenvalue weighted by molar-refractivity contribution is 8.07. The third-order valence-corrected chi connectivity index (χ3v) is 8.16. The molecule has 4 aromatic heterocycles. The number of anilines is 1. The minimum absolute atomic E-state index is 0.0215. The minimum atomic E-state index is -4.32. The summed E-state index contributed by atoms with van der Waals surface area (Å²) in [5.74, 6) is -1.34. The molecule has 228 valence electrons. The maximum atomic E-state index is 16.1. The van der Waals surface area contributed by atoms with Gasteiger partial charge in [-0.2, -0.15) is 4.98 Å². The Bertz CT molecular complexity index is 1730. The van der Waals surface area contributed by atoms with Crippen molar-refractivity contribution >= 4 is 46.8 Å². The molecule has 0 aromatic carbocycles. The average molecular weight is 634 g/mol. The van der Waals surface area contributed by atoms with Crippen LogP contribution in [0.15, 0.2) is 28.6 Å². The average Bonchev–Trinajstić information content (AvgIpc) is 3.57. The molecule has 0 saturated carbocycles. The highest BCUT2D eigenvalue weighted by atomic mass is 32.5. The topological polar surface area (TPSA) is 220 Å². The van der Waals surface area contributed by atoms with Gasteiger partial charge in [-0.3, -0.25) is 28.2 Å². The van der Waals surface area contributed by atoms with Crippen LogP contribution in [0.5, 0.6) is 0 Å². The monoisotopic (exact) mass is 633 g/mol. The lowest BCUT2D eigenvalue weighted by molar-refractivity contribution is -0.195. The van der Waals surface area contributed by atoms with E-state index in [1.807, 2.05) is 0 Å². The van der Waals surface area contributed by atoms with Gasteiger partial charge in [-0.1, -0.05) is 0 Å². The molecule has 42 heavy (non-hydrogen) atoms. The normalized spacial score (nSPS) is 28.8. The molecule has 1 aliphatic heterocycles. The van der Waals surface area contributed by atoms with Gasteiger partial charge >= 0.3 is 6.72 Å². The summed E-state index contributed by atoms with van der Waals surface area (Å²) in [7, 11) is 2.45. The van der Waals surface area contributed by atoms with Crippen molar-refractivity contribution in [2.24, 2.45) is 5.92 Å². The molecule has 2 unspecified atom stereocenters. The predicted octanol–water partition coefficient (Wildman–Crippen LogP) is 0.414. The summed E-state index contributed by atoms with van der Waals surface area (Å²) in [4.78, 5) is 55.8. The van der Waals surface area contributed by atoms with Crippen molar-refractivity contribution in [1.82, 2.24) is 39.0 Å². The molecule has 1 fully saturated rings. The molecule has 5 heterocycles. The number of nitrogen functional groups attached to an aromatic ring is 1. The molecule has 5 rings (SSSR count). The first-order valence-electron chi connectivity index (χ1n) is 12.3. The third-order valence-electron chi connectivity index (χ3n) is 6.63. The Balaban J connectivity index is 1.48. The standard InChI is InChI=1S/C21H26F2N9O8PS/c1-36-10-5-39-41(35,42)40-19(32-8-28-13-16(32)29-21(24)30-18(13)34)11(22)20(37-2)38-4-3-9(10)14(23)31-7-27-12-15(31)25-6-26-17(12)33/h6-11,14,19-20H,3-5H2,1-2H3,(H,35,42)(H,25,26,33)(H3,24,29,30,34)/t9-,10-,11+,14-,19-,20?,41?/m1/s1. The van der Waals surface area contributed by atoms with Crippen LogP contribution in [0.3, 0.4) is 0 Å². The van der Waals surface area contributed by atoms with E-state index in [1.165, 1.54) is 7.11 Å². The van der Waals surface area contributed by atoms with E-state index in [2.05, 4.69) is 29.9 Å². The van der Waals surface area contributed by atoms with Crippen LogP contribution < -0.4 is 16.9 Å². The number of halogens is 2. The van der Waals surface area contributed by atoms with Crippen molar-refractivity contribution in [2.75, 3.05) is 33.2 Å². The summed E-state index contributed by atoms with van der Waals surface area (Å²) in [5.41, 5.74) is 3.94. The quantitative estimate of drug-likeness (QED) is 0.219. The zero-order valence-electron chi connectivity index (χ0n) is 22.0. The number of alkyl halides is 2. The van der Waals surface area contributed by atoms with Crippen LogP contribution in [0.1, 0.15) is 18.9 Å². The third kappa shape index (κ3) is 5.84. The number of ether oxygens (including phenoxy) is 3. The molecular weight excluding hydrogens is 607 g/mol. The fraction of sp³-hybridized carbons (Fsp3) is 0.524. The van der Waals surface area contributed by atoms with E-state index in [0.29, 0.717) is 0 Å². The van der Waals surface area contributed by atoms with Gasteiger partial charge in [0.2, 0.25) is 5.95 Å². The number of nitrogens with zero attached hydrogens (tertiary/aromatic N) is 6. The Morgan fingerprint density at radius 1 is 1.19 bits per heavy atom. The first-order valence-corrected chi connectivity index (χ1v) is 14.9. The lowest BCUT2D eigenvalue weighted by Gasteiger charge is -2.34. The van der Waals surface area contributed by atoms with E-state index in [-0.39, 0.29) is 41.3 Å². The summed E-state index contributed by atoms with van der Waals surface area (Å²) in [6, 6.07) is 0. The number of fused-ring (bicyclic) bond motifs is 2. The van der Waals surface area contributed by atoms with Gasteiger partial charge in [0.05, 0.1) is 38.3 Å². The van der Waals surface area contributed by atoms with E-state index < -0.39 is 61.5 Å². The second-order valence-corrected chi connectivity index (χ2v) is 11.9. The second kappa shape index (κ2) is 12.2. The minimum Gasteiger partial charge on any atom is -0.379 e. The lowest BCUT2D eigenvalue weighted by Crippen LogP contribution is -2.39. The summed E-state index contributed by atoms with van der Waals surface area (Å²) < 4.78 is 61.6. The number of imidazole rings is 2. The van der Waals surface area contributed by atoms with E-state index >= 15 is 8.78 Å². The summed E-state index contributed by atoms with van der Waals surface area (Å²) in [5, 5.41) is 0. The molecule has 0 aliphatic carbocycles. The van der Waals surface area contributed by atoms with Gasteiger partial charge in [-0.25, -0.2) is 23.7 Å². The summed E-state index contributed by atoms with van der Waals surface area (Å²) in [6.45, 7) is -5.05. The van der Waals surface area contributed by atoms with Crippen LogP contribution in [0.2, 0.25) is 0 Å². The number of nitrogens with two attached hydrogens (primary N) is 1. The molecule has 21 heteroatoms. The van der Waals surface area contributed by atoms with Crippen LogP contribution in [0.25, 0.3) is 22.3 Å². The lowest BCUT2D eigenvalue weighted by atomic mass is 9.97. The van der Waals surface area contributed by atoms with E-state index in [9.17, 15) is 14.5 Å². The molecular formula is C21H26F2N9O8PS. The van der Waals surface area contributed by atoms with Crippen molar-refractivity contribution in [3.63, 3.8) is 0 Å². The van der Waals surface area contributed by atoms with E-state index in [0.717, 1.165) is 35.2 Å².